The molecule has 1 aliphatic heterocycles. The summed E-state index contributed by atoms with van der Waals surface area (Å²) < 4.78 is 7.10. The lowest BCUT2D eigenvalue weighted by molar-refractivity contribution is -0.139. The Labute approximate surface area is 203 Å². The van der Waals surface area contributed by atoms with Gasteiger partial charge in [0.05, 0.1) is 24.4 Å². The van der Waals surface area contributed by atoms with Gasteiger partial charge in [0, 0.05) is 12.7 Å². The van der Waals surface area contributed by atoms with Crippen molar-refractivity contribution in [2.45, 2.75) is 26.3 Å². The largest absolute Gasteiger partial charge is 0.505 e. The van der Waals surface area contributed by atoms with E-state index in [4.69, 9.17) is 4.74 Å². The number of fused-ring (bicyclic) bond motifs is 1. The van der Waals surface area contributed by atoms with Crippen molar-refractivity contribution in [2.75, 3.05) is 34.3 Å². The molecule has 1 fully saturated rings. The van der Waals surface area contributed by atoms with Gasteiger partial charge in [-0.3, -0.25) is 9.59 Å². The summed E-state index contributed by atoms with van der Waals surface area (Å²) in [7, 11) is 5.30. The molecule has 3 heterocycles. The van der Waals surface area contributed by atoms with E-state index in [1.165, 1.54) is 18.1 Å². The van der Waals surface area contributed by atoms with Crippen molar-refractivity contribution < 1.29 is 24.5 Å². The zero-order valence-corrected chi connectivity index (χ0v) is 20.6. The Balaban J connectivity index is 1.90. The van der Waals surface area contributed by atoms with Crippen molar-refractivity contribution in [3.63, 3.8) is 0 Å². The van der Waals surface area contributed by atoms with Crippen molar-refractivity contribution >= 4 is 23.1 Å². The Kier molecular flexibility index (Phi) is 6.53. The normalized spacial score (nSPS) is 17.7. The molecule has 9 heteroatoms. The maximum atomic E-state index is 13.3. The first-order valence-corrected chi connectivity index (χ1v) is 11.4. The fraction of sp³-hybridized carbons (Fsp3) is 0.346. The Bertz CT molecular complexity index is 1340. The summed E-state index contributed by atoms with van der Waals surface area (Å²) in [5, 5.41) is 21.5. The van der Waals surface area contributed by atoms with E-state index in [1.54, 1.807) is 19.1 Å². The van der Waals surface area contributed by atoms with Gasteiger partial charge < -0.3 is 29.2 Å². The molecule has 35 heavy (non-hydrogen) atoms. The molecule has 1 saturated heterocycles. The van der Waals surface area contributed by atoms with Crippen LogP contribution in [0.5, 0.6) is 11.5 Å². The van der Waals surface area contributed by atoms with Crippen LogP contribution in [0.2, 0.25) is 0 Å². The number of aliphatic hydroxyl groups excluding tert-OH is 1. The van der Waals surface area contributed by atoms with Crippen molar-refractivity contribution in [1.29, 1.82) is 0 Å². The third kappa shape index (κ3) is 4.23. The number of benzene rings is 1. The van der Waals surface area contributed by atoms with Gasteiger partial charge in [0.2, 0.25) is 0 Å². The Morgan fingerprint density at radius 2 is 1.94 bits per heavy atom. The first-order chi connectivity index (χ1) is 16.6. The van der Waals surface area contributed by atoms with Crippen LogP contribution in [-0.2, 0) is 9.59 Å². The van der Waals surface area contributed by atoms with Gasteiger partial charge in [-0.15, -0.1) is 0 Å². The van der Waals surface area contributed by atoms with Gasteiger partial charge in [0.25, 0.3) is 11.7 Å². The fourth-order valence-electron chi connectivity index (χ4n) is 4.55. The molecule has 184 valence electrons. The van der Waals surface area contributed by atoms with E-state index < -0.39 is 17.7 Å². The number of ketones is 1. The van der Waals surface area contributed by atoms with E-state index in [9.17, 15) is 19.8 Å². The molecule has 0 bridgehead atoms. The zero-order chi connectivity index (χ0) is 25.4. The van der Waals surface area contributed by atoms with Gasteiger partial charge in [-0.25, -0.2) is 4.98 Å². The molecule has 9 nitrogen and oxygen atoms in total. The van der Waals surface area contributed by atoms with Crippen molar-refractivity contribution in [1.82, 2.24) is 19.2 Å². The minimum Gasteiger partial charge on any atom is -0.505 e. The molecule has 3 aromatic rings. The molecule has 1 amide bonds. The zero-order valence-electron chi connectivity index (χ0n) is 20.6. The summed E-state index contributed by atoms with van der Waals surface area (Å²) >= 11 is 0. The van der Waals surface area contributed by atoms with Crippen LogP contribution in [0.3, 0.4) is 0 Å². The van der Waals surface area contributed by atoms with Gasteiger partial charge in [0.15, 0.2) is 17.3 Å². The van der Waals surface area contributed by atoms with Crippen molar-refractivity contribution in [3.8, 4) is 11.5 Å². The summed E-state index contributed by atoms with van der Waals surface area (Å²) in [6.07, 6.45) is 2.47. The molecule has 2 N–H and O–H groups in total. The van der Waals surface area contributed by atoms with Gasteiger partial charge in [-0.05, 0) is 70.2 Å². The minimum atomic E-state index is -0.850. The second kappa shape index (κ2) is 9.42. The molecule has 4 rings (SSSR count). The highest BCUT2D eigenvalue weighted by molar-refractivity contribution is 6.46. The monoisotopic (exact) mass is 478 g/mol. The number of amides is 1. The van der Waals surface area contributed by atoms with Crippen LogP contribution in [0.15, 0.2) is 42.1 Å². The van der Waals surface area contributed by atoms with E-state index in [-0.39, 0.29) is 28.5 Å². The number of pyridine rings is 1. The Morgan fingerprint density at radius 1 is 1.20 bits per heavy atom. The molecular formula is C26H30N4O5. The third-order valence-corrected chi connectivity index (χ3v) is 6.37. The van der Waals surface area contributed by atoms with Crippen LogP contribution in [0.4, 0.5) is 0 Å². The summed E-state index contributed by atoms with van der Waals surface area (Å²) in [5.41, 5.74) is 3.00. The highest BCUT2D eigenvalue weighted by Crippen LogP contribution is 2.42. The lowest BCUT2D eigenvalue weighted by atomic mass is 9.96. The molecule has 2 aromatic heterocycles. The number of phenolic OH excluding ortho intramolecular Hbond substituents is 1. The lowest BCUT2D eigenvalue weighted by Crippen LogP contribution is -2.32. The van der Waals surface area contributed by atoms with E-state index in [0.29, 0.717) is 29.9 Å². The van der Waals surface area contributed by atoms with Crippen LogP contribution >= 0.6 is 0 Å². The number of methoxy groups -OCH3 is 1. The Morgan fingerprint density at radius 3 is 2.60 bits per heavy atom. The number of carbonyl (C=O) groups is 2. The van der Waals surface area contributed by atoms with Crippen LogP contribution < -0.4 is 4.74 Å². The van der Waals surface area contributed by atoms with Crippen molar-refractivity contribution in [3.05, 3.63) is 64.6 Å². The number of likely N-dealkylation sites (tertiary alicyclic amines) is 1. The number of nitrogens with zero attached hydrogens (tertiary/aromatic N) is 4. The lowest BCUT2D eigenvalue weighted by Gasteiger charge is -2.26. The summed E-state index contributed by atoms with van der Waals surface area (Å²) in [6.45, 7) is 4.76. The number of aryl methyl sites for hydroxylation is 2. The SMILES string of the molecule is COc1cc(C2/C(=C(\O)c3nc4c(C)cccn4c3C)C(=O)C(=O)N2CCCN(C)C)ccc1O. The number of carbonyl (C=O) groups excluding carboxylic acids is 2. The van der Waals surface area contributed by atoms with Crippen molar-refractivity contribution in [2.24, 2.45) is 0 Å². The quantitative estimate of drug-likeness (QED) is 0.305. The maximum Gasteiger partial charge on any atom is 0.295 e. The van der Waals surface area contributed by atoms with Crippen LogP contribution in [0.25, 0.3) is 11.4 Å². The number of aromatic hydroxyl groups is 1. The third-order valence-electron chi connectivity index (χ3n) is 6.37. The second-order valence-electron chi connectivity index (χ2n) is 9.01. The summed E-state index contributed by atoms with van der Waals surface area (Å²) in [5.74, 6) is -1.62. The average molecular weight is 479 g/mol. The average Bonchev–Trinajstić information content (AvgIpc) is 3.29. The summed E-state index contributed by atoms with van der Waals surface area (Å²) in [6, 6.07) is 7.61. The Hall–Kier alpha value is -3.85. The topological polar surface area (TPSA) is 108 Å². The molecule has 1 aliphatic rings. The number of phenols is 1. The minimum absolute atomic E-state index is 0.0308. The number of rotatable bonds is 7. The maximum absolute atomic E-state index is 13.3. The smallest absolute Gasteiger partial charge is 0.295 e. The molecular weight excluding hydrogens is 448 g/mol. The number of hydrogen-bond donors (Lipinski definition) is 2. The molecule has 1 unspecified atom stereocenters. The number of Topliss-reactive ketones (excluding diaryl/α,β-unsaturated/α-hetero) is 1. The first-order valence-electron chi connectivity index (χ1n) is 11.4. The molecule has 1 atom stereocenters. The van der Waals surface area contributed by atoms with Gasteiger partial charge in [0.1, 0.15) is 11.3 Å². The molecule has 0 aliphatic carbocycles. The predicted molar refractivity (Wildman–Crippen MR) is 132 cm³/mol. The number of aliphatic hydroxyl groups is 1. The fourth-order valence-corrected chi connectivity index (χ4v) is 4.55. The number of ether oxygens (including phenoxy) is 1. The molecule has 1 aromatic carbocycles. The van der Waals surface area contributed by atoms with Crippen LogP contribution in [0, 0.1) is 13.8 Å². The van der Waals surface area contributed by atoms with E-state index in [0.717, 1.165) is 12.1 Å². The van der Waals surface area contributed by atoms with Gasteiger partial charge >= 0.3 is 0 Å². The number of imidazole rings is 1. The standard InChI is InChI=1S/C26H30N4O5/c1-15-8-6-12-29-16(2)21(27-25(15)29)23(32)20-22(17-9-10-18(31)19(14-17)35-5)30(26(34)24(20)33)13-7-11-28(3)4/h6,8-10,12,14,22,31-32H,7,11,13H2,1-5H3/b23-20+. The molecule has 0 spiro atoms. The van der Waals surface area contributed by atoms with E-state index in [1.807, 2.05) is 48.6 Å². The van der Waals surface area contributed by atoms with E-state index >= 15 is 0 Å². The van der Waals surface area contributed by atoms with Gasteiger partial charge in [-0.2, -0.15) is 0 Å². The molecule has 0 radical (unpaired) electrons. The molecule has 0 saturated carbocycles. The predicted octanol–water partition coefficient (Wildman–Crippen LogP) is 3.04. The van der Waals surface area contributed by atoms with Gasteiger partial charge in [-0.1, -0.05) is 12.1 Å². The highest BCUT2D eigenvalue weighted by atomic mass is 16.5. The number of hydrogen-bond acceptors (Lipinski definition) is 7. The van der Waals surface area contributed by atoms with E-state index in [2.05, 4.69) is 4.98 Å². The van der Waals surface area contributed by atoms with Crippen LogP contribution in [0.1, 0.15) is 35.0 Å². The first kappa shape index (κ1) is 24.3. The number of aromatic nitrogens is 2. The second-order valence-corrected chi connectivity index (χ2v) is 9.01. The van der Waals surface area contributed by atoms with Crippen LogP contribution in [-0.4, -0.2) is 75.4 Å². The summed E-state index contributed by atoms with van der Waals surface area (Å²) in [4.78, 5) is 34.5. The highest BCUT2D eigenvalue weighted by Gasteiger charge is 2.46.